The van der Waals surface area contributed by atoms with Crippen LogP contribution in [0.2, 0.25) is 0 Å². The van der Waals surface area contributed by atoms with Crippen molar-refractivity contribution in [2.75, 3.05) is 6.54 Å². The lowest BCUT2D eigenvalue weighted by molar-refractivity contribution is 0.167. The SMILES string of the molecule is CC(C)N(CCn1c(=O)[nH][nH]c1=S)C(C)C. The van der Waals surface area contributed by atoms with Gasteiger partial charge in [-0.2, -0.15) is 0 Å². The van der Waals surface area contributed by atoms with Crippen molar-refractivity contribution in [3.63, 3.8) is 0 Å². The first-order chi connectivity index (χ1) is 7.43. The molecule has 0 fully saturated rings. The molecule has 16 heavy (non-hydrogen) atoms. The van der Waals surface area contributed by atoms with Crippen LogP contribution in [0.4, 0.5) is 0 Å². The topological polar surface area (TPSA) is 56.8 Å². The Bertz CT molecular complexity index is 393. The van der Waals surface area contributed by atoms with Crippen LogP contribution in [-0.4, -0.2) is 38.3 Å². The molecule has 0 aromatic carbocycles. The molecule has 6 heteroatoms. The summed E-state index contributed by atoms with van der Waals surface area (Å²) in [5, 5.41) is 5.12. The Kier molecular flexibility index (Phi) is 4.49. The third-order valence-electron chi connectivity index (χ3n) is 2.68. The molecule has 0 saturated heterocycles. The van der Waals surface area contributed by atoms with E-state index in [0.29, 0.717) is 23.4 Å². The van der Waals surface area contributed by atoms with Crippen LogP contribution < -0.4 is 5.69 Å². The minimum atomic E-state index is -0.169. The molecule has 1 rings (SSSR count). The summed E-state index contributed by atoms with van der Waals surface area (Å²) in [5.74, 6) is 0. The second kappa shape index (κ2) is 5.45. The van der Waals surface area contributed by atoms with Gasteiger partial charge in [0.05, 0.1) is 0 Å². The zero-order chi connectivity index (χ0) is 12.3. The van der Waals surface area contributed by atoms with Crippen LogP contribution in [0, 0.1) is 4.77 Å². The Morgan fingerprint density at radius 2 is 1.81 bits per heavy atom. The van der Waals surface area contributed by atoms with Gasteiger partial charge in [-0.15, -0.1) is 0 Å². The second-order valence-electron chi connectivity index (χ2n) is 4.44. The third kappa shape index (κ3) is 3.05. The van der Waals surface area contributed by atoms with E-state index < -0.39 is 0 Å². The third-order valence-corrected chi connectivity index (χ3v) is 3.00. The van der Waals surface area contributed by atoms with E-state index >= 15 is 0 Å². The van der Waals surface area contributed by atoms with Crippen molar-refractivity contribution >= 4 is 12.2 Å². The van der Waals surface area contributed by atoms with Gasteiger partial charge in [-0.25, -0.2) is 9.89 Å². The fourth-order valence-corrected chi connectivity index (χ4v) is 2.09. The largest absolute Gasteiger partial charge is 0.342 e. The van der Waals surface area contributed by atoms with Crippen LogP contribution >= 0.6 is 12.2 Å². The molecule has 0 aliphatic heterocycles. The van der Waals surface area contributed by atoms with E-state index in [0.717, 1.165) is 6.54 Å². The molecule has 0 saturated carbocycles. The summed E-state index contributed by atoms with van der Waals surface area (Å²) < 4.78 is 2.00. The summed E-state index contributed by atoms with van der Waals surface area (Å²) >= 11 is 5.01. The van der Waals surface area contributed by atoms with Crippen LogP contribution in [0.5, 0.6) is 0 Å². The lowest BCUT2D eigenvalue weighted by atomic mass is 10.2. The molecule has 0 atom stereocenters. The maximum Gasteiger partial charge on any atom is 0.342 e. The van der Waals surface area contributed by atoms with Crippen LogP contribution in [0.25, 0.3) is 0 Å². The molecule has 0 unspecified atom stereocenters. The van der Waals surface area contributed by atoms with Crippen LogP contribution in [0.3, 0.4) is 0 Å². The van der Waals surface area contributed by atoms with Crippen molar-refractivity contribution < 1.29 is 0 Å². The van der Waals surface area contributed by atoms with Crippen LogP contribution in [0.15, 0.2) is 4.79 Å². The Morgan fingerprint density at radius 3 is 2.19 bits per heavy atom. The van der Waals surface area contributed by atoms with E-state index in [1.807, 2.05) is 0 Å². The van der Waals surface area contributed by atoms with E-state index in [1.165, 1.54) is 0 Å². The Balaban J connectivity index is 2.70. The number of nitrogens with zero attached hydrogens (tertiary/aromatic N) is 2. The van der Waals surface area contributed by atoms with Crippen LogP contribution in [0.1, 0.15) is 27.7 Å². The van der Waals surface area contributed by atoms with Gasteiger partial charge in [-0.1, -0.05) is 0 Å². The highest BCUT2D eigenvalue weighted by Gasteiger charge is 2.13. The molecule has 2 N–H and O–H groups in total. The van der Waals surface area contributed by atoms with Crippen molar-refractivity contribution in [3.05, 3.63) is 15.3 Å². The van der Waals surface area contributed by atoms with Crippen molar-refractivity contribution in [2.45, 2.75) is 46.3 Å². The minimum absolute atomic E-state index is 0.169. The average Bonchev–Trinajstić information content (AvgIpc) is 2.47. The number of aromatic amines is 2. The number of hydrogen-bond donors (Lipinski definition) is 2. The molecule has 0 amide bonds. The van der Waals surface area contributed by atoms with Gasteiger partial charge < -0.3 is 0 Å². The fraction of sp³-hybridized carbons (Fsp3) is 0.800. The highest BCUT2D eigenvalue weighted by atomic mass is 32.1. The molecule has 0 aliphatic rings. The summed E-state index contributed by atoms with van der Waals surface area (Å²) in [7, 11) is 0. The number of hydrogen-bond acceptors (Lipinski definition) is 3. The summed E-state index contributed by atoms with van der Waals surface area (Å²) in [6, 6.07) is 0.930. The van der Waals surface area contributed by atoms with Crippen molar-refractivity contribution in [3.8, 4) is 0 Å². The standard InChI is InChI=1S/C10H20N4OS/c1-7(2)13(8(3)4)5-6-14-9(15)11-12-10(14)16/h7-8H,5-6H2,1-4H3,(H,11,15)(H,12,16). The molecular weight excluding hydrogens is 224 g/mol. The van der Waals surface area contributed by atoms with E-state index in [-0.39, 0.29) is 5.69 Å². The van der Waals surface area contributed by atoms with Crippen molar-refractivity contribution in [2.24, 2.45) is 0 Å². The van der Waals surface area contributed by atoms with E-state index in [4.69, 9.17) is 12.2 Å². The Morgan fingerprint density at radius 1 is 1.25 bits per heavy atom. The van der Waals surface area contributed by atoms with Gasteiger partial charge in [-0.05, 0) is 39.9 Å². The van der Waals surface area contributed by atoms with Gasteiger partial charge in [0.2, 0.25) is 0 Å². The predicted molar refractivity (Wildman–Crippen MR) is 67.2 cm³/mol. The number of H-pyrrole nitrogens is 2. The fourth-order valence-electron chi connectivity index (χ4n) is 1.87. The molecule has 0 bridgehead atoms. The quantitative estimate of drug-likeness (QED) is 0.769. The van der Waals surface area contributed by atoms with Gasteiger partial charge >= 0.3 is 5.69 Å². The smallest absolute Gasteiger partial charge is 0.297 e. The van der Waals surface area contributed by atoms with E-state index in [2.05, 4.69) is 42.8 Å². The van der Waals surface area contributed by atoms with Gasteiger partial charge in [0.1, 0.15) is 0 Å². The maximum atomic E-state index is 11.4. The van der Waals surface area contributed by atoms with Crippen molar-refractivity contribution in [1.82, 2.24) is 19.7 Å². The molecule has 0 radical (unpaired) electrons. The number of rotatable bonds is 5. The lowest BCUT2D eigenvalue weighted by Gasteiger charge is -2.30. The molecule has 0 spiro atoms. The van der Waals surface area contributed by atoms with E-state index in [1.54, 1.807) is 4.57 Å². The number of nitrogens with one attached hydrogen (secondary N) is 2. The summed E-state index contributed by atoms with van der Waals surface area (Å²) in [6.07, 6.45) is 0. The van der Waals surface area contributed by atoms with Crippen LogP contribution in [-0.2, 0) is 6.54 Å². The zero-order valence-corrected chi connectivity index (χ0v) is 11.1. The van der Waals surface area contributed by atoms with Crippen molar-refractivity contribution in [1.29, 1.82) is 0 Å². The average molecular weight is 244 g/mol. The molecule has 1 aromatic heterocycles. The molecule has 5 nitrogen and oxygen atoms in total. The lowest BCUT2D eigenvalue weighted by Crippen LogP contribution is -2.40. The molecule has 92 valence electrons. The first-order valence-corrected chi connectivity index (χ1v) is 5.97. The molecule has 1 aromatic rings. The molecule has 1 heterocycles. The Labute approximate surface area is 100 Å². The second-order valence-corrected chi connectivity index (χ2v) is 4.82. The number of aromatic nitrogens is 3. The first-order valence-electron chi connectivity index (χ1n) is 5.56. The normalized spacial score (nSPS) is 11.9. The van der Waals surface area contributed by atoms with Gasteiger partial charge in [0.25, 0.3) is 0 Å². The minimum Gasteiger partial charge on any atom is -0.297 e. The maximum absolute atomic E-state index is 11.4. The Hall–Kier alpha value is -0.880. The predicted octanol–water partition coefficient (Wildman–Crippen LogP) is 1.35. The highest BCUT2D eigenvalue weighted by Crippen LogP contribution is 2.04. The monoisotopic (exact) mass is 244 g/mol. The van der Waals surface area contributed by atoms with Gasteiger partial charge in [0, 0.05) is 25.2 Å². The summed E-state index contributed by atoms with van der Waals surface area (Å²) in [6.45, 7) is 10.1. The van der Waals surface area contributed by atoms with E-state index in [9.17, 15) is 4.79 Å². The molecular formula is C10H20N4OS. The van der Waals surface area contributed by atoms with Gasteiger partial charge in [-0.3, -0.25) is 14.6 Å². The zero-order valence-electron chi connectivity index (χ0n) is 10.3. The summed E-state index contributed by atoms with van der Waals surface area (Å²) in [5.41, 5.74) is -0.169. The highest BCUT2D eigenvalue weighted by molar-refractivity contribution is 7.71. The molecule has 0 aliphatic carbocycles. The first kappa shape index (κ1) is 13.2. The van der Waals surface area contributed by atoms with Gasteiger partial charge in [0.15, 0.2) is 4.77 Å². The summed E-state index contributed by atoms with van der Waals surface area (Å²) in [4.78, 5) is 13.7.